The third-order valence-corrected chi connectivity index (χ3v) is 4.90. The first-order valence-corrected chi connectivity index (χ1v) is 9.91. The van der Waals surface area contributed by atoms with Gasteiger partial charge in [0.2, 0.25) is 5.91 Å². The number of likely N-dealkylation sites (N-methyl/N-ethyl adjacent to an activating group) is 1. The van der Waals surface area contributed by atoms with Crippen LogP contribution in [0.1, 0.15) is 5.69 Å². The summed E-state index contributed by atoms with van der Waals surface area (Å²) >= 11 is 1.53. The Hall–Kier alpha value is -3.10. The van der Waals surface area contributed by atoms with Crippen LogP contribution in [0.2, 0.25) is 0 Å². The SMILES string of the molecule is COc1ccc(Nc2nc(CN(C)CC(=O)Nc3cccc(OC)c3)cs2)cc1. The lowest BCUT2D eigenvalue weighted by atomic mass is 10.3. The zero-order valence-corrected chi connectivity index (χ0v) is 17.5. The summed E-state index contributed by atoms with van der Waals surface area (Å²) in [6.45, 7) is 0.836. The van der Waals surface area contributed by atoms with Crippen molar-refractivity contribution in [2.75, 3.05) is 38.4 Å². The van der Waals surface area contributed by atoms with Gasteiger partial charge in [-0.25, -0.2) is 4.98 Å². The first-order valence-electron chi connectivity index (χ1n) is 9.03. The summed E-state index contributed by atoms with van der Waals surface area (Å²) in [4.78, 5) is 18.8. The van der Waals surface area contributed by atoms with Crippen LogP contribution in [0.25, 0.3) is 0 Å². The fourth-order valence-corrected chi connectivity index (χ4v) is 3.44. The summed E-state index contributed by atoms with van der Waals surface area (Å²) in [5.41, 5.74) is 2.56. The molecule has 29 heavy (non-hydrogen) atoms. The average Bonchev–Trinajstić information content (AvgIpc) is 3.15. The molecule has 1 amide bonds. The monoisotopic (exact) mass is 412 g/mol. The first kappa shape index (κ1) is 20.6. The molecule has 0 aliphatic heterocycles. The lowest BCUT2D eigenvalue weighted by Crippen LogP contribution is -2.29. The molecular formula is C21H24N4O3S. The van der Waals surface area contributed by atoms with Crippen LogP contribution in [0.4, 0.5) is 16.5 Å². The smallest absolute Gasteiger partial charge is 0.238 e. The zero-order valence-electron chi connectivity index (χ0n) is 16.6. The van der Waals surface area contributed by atoms with E-state index >= 15 is 0 Å². The van der Waals surface area contributed by atoms with E-state index in [0.29, 0.717) is 18.0 Å². The molecule has 0 saturated carbocycles. The second-order valence-electron chi connectivity index (χ2n) is 6.45. The topological polar surface area (TPSA) is 75.7 Å². The Bertz CT molecular complexity index is 943. The van der Waals surface area contributed by atoms with E-state index in [1.54, 1.807) is 20.3 Å². The average molecular weight is 413 g/mol. The minimum atomic E-state index is -0.0902. The molecule has 0 unspecified atom stereocenters. The van der Waals surface area contributed by atoms with Crippen LogP contribution in [-0.2, 0) is 11.3 Å². The van der Waals surface area contributed by atoms with Crippen LogP contribution in [0.5, 0.6) is 11.5 Å². The maximum Gasteiger partial charge on any atom is 0.238 e. The molecule has 0 fully saturated rings. The van der Waals surface area contributed by atoms with Gasteiger partial charge >= 0.3 is 0 Å². The second-order valence-corrected chi connectivity index (χ2v) is 7.31. The zero-order chi connectivity index (χ0) is 20.6. The molecule has 0 radical (unpaired) electrons. The number of hydrogen-bond acceptors (Lipinski definition) is 7. The van der Waals surface area contributed by atoms with Crippen molar-refractivity contribution < 1.29 is 14.3 Å². The van der Waals surface area contributed by atoms with E-state index in [9.17, 15) is 4.79 Å². The Labute approximate surface area is 174 Å². The molecule has 8 heteroatoms. The fraction of sp³-hybridized carbons (Fsp3) is 0.238. The third-order valence-electron chi connectivity index (χ3n) is 4.09. The number of carbonyl (C=O) groups is 1. The van der Waals surface area contributed by atoms with Crippen LogP contribution in [0, 0.1) is 0 Å². The van der Waals surface area contributed by atoms with E-state index in [0.717, 1.165) is 22.3 Å². The molecule has 2 N–H and O–H groups in total. The number of amides is 1. The maximum absolute atomic E-state index is 12.3. The number of aromatic nitrogens is 1. The molecule has 3 rings (SSSR count). The van der Waals surface area contributed by atoms with E-state index < -0.39 is 0 Å². The van der Waals surface area contributed by atoms with Crippen molar-refractivity contribution in [3.63, 3.8) is 0 Å². The van der Waals surface area contributed by atoms with Gasteiger partial charge in [-0.05, 0) is 43.4 Å². The Morgan fingerprint density at radius 2 is 1.83 bits per heavy atom. The van der Waals surface area contributed by atoms with Crippen LogP contribution in [-0.4, -0.2) is 43.6 Å². The van der Waals surface area contributed by atoms with E-state index in [1.807, 2.05) is 59.8 Å². The number of methoxy groups -OCH3 is 2. The highest BCUT2D eigenvalue weighted by Gasteiger charge is 2.10. The largest absolute Gasteiger partial charge is 0.497 e. The number of anilines is 3. The maximum atomic E-state index is 12.3. The molecule has 0 bridgehead atoms. The molecule has 0 saturated heterocycles. The van der Waals surface area contributed by atoms with Crippen molar-refractivity contribution in [1.29, 1.82) is 0 Å². The Morgan fingerprint density at radius 3 is 2.55 bits per heavy atom. The van der Waals surface area contributed by atoms with Crippen molar-refractivity contribution in [3.05, 3.63) is 59.6 Å². The number of hydrogen-bond donors (Lipinski definition) is 2. The number of nitrogens with one attached hydrogen (secondary N) is 2. The van der Waals surface area contributed by atoms with Crippen LogP contribution in [0.15, 0.2) is 53.9 Å². The van der Waals surface area contributed by atoms with Gasteiger partial charge < -0.3 is 20.1 Å². The predicted octanol–water partition coefficient (Wildman–Crippen LogP) is 3.97. The molecule has 152 valence electrons. The van der Waals surface area contributed by atoms with Crippen molar-refractivity contribution in [1.82, 2.24) is 9.88 Å². The number of carbonyl (C=O) groups excluding carboxylic acids is 1. The Kier molecular flexibility index (Phi) is 7.04. The standard InChI is InChI=1S/C21H24N4O3S/c1-25(13-20(26)22-16-5-4-6-19(11-16)28-3)12-17-14-29-21(24-17)23-15-7-9-18(27-2)10-8-15/h4-11,14H,12-13H2,1-3H3,(H,22,26)(H,23,24). The summed E-state index contributed by atoms with van der Waals surface area (Å²) in [5.74, 6) is 1.42. The lowest BCUT2D eigenvalue weighted by Gasteiger charge is -2.15. The van der Waals surface area contributed by atoms with Crippen LogP contribution < -0.4 is 20.1 Å². The van der Waals surface area contributed by atoms with Gasteiger partial charge in [-0.15, -0.1) is 11.3 Å². The molecule has 1 aromatic heterocycles. The predicted molar refractivity (Wildman–Crippen MR) is 116 cm³/mol. The van der Waals surface area contributed by atoms with E-state index in [1.165, 1.54) is 11.3 Å². The van der Waals surface area contributed by atoms with Crippen molar-refractivity contribution in [3.8, 4) is 11.5 Å². The number of nitrogens with zero attached hydrogens (tertiary/aromatic N) is 2. The van der Waals surface area contributed by atoms with Gasteiger partial charge in [0.25, 0.3) is 0 Å². The van der Waals surface area contributed by atoms with Gasteiger partial charge in [0.05, 0.1) is 26.5 Å². The summed E-state index contributed by atoms with van der Waals surface area (Å²) in [6.07, 6.45) is 0. The number of rotatable bonds is 9. The highest BCUT2D eigenvalue weighted by atomic mass is 32.1. The molecule has 0 aliphatic rings. The molecule has 0 spiro atoms. The van der Waals surface area contributed by atoms with Crippen LogP contribution in [0.3, 0.4) is 0 Å². The van der Waals surface area contributed by atoms with Gasteiger partial charge in [-0.3, -0.25) is 9.69 Å². The minimum absolute atomic E-state index is 0.0902. The lowest BCUT2D eigenvalue weighted by molar-refractivity contribution is -0.117. The quantitative estimate of drug-likeness (QED) is 0.554. The van der Waals surface area contributed by atoms with Crippen molar-refractivity contribution in [2.45, 2.75) is 6.54 Å². The number of benzene rings is 2. The number of ether oxygens (including phenoxy) is 2. The van der Waals surface area contributed by atoms with E-state index in [-0.39, 0.29) is 12.5 Å². The summed E-state index contributed by atoms with van der Waals surface area (Å²) in [5, 5.41) is 8.95. The van der Waals surface area contributed by atoms with Gasteiger partial charge in [0.15, 0.2) is 5.13 Å². The second kappa shape index (κ2) is 9.90. The van der Waals surface area contributed by atoms with Gasteiger partial charge in [-0.2, -0.15) is 0 Å². The highest BCUT2D eigenvalue weighted by molar-refractivity contribution is 7.13. The van der Waals surface area contributed by atoms with Crippen molar-refractivity contribution in [2.24, 2.45) is 0 Å². The van der Waals surface area contributed by atoms with Crippen molar-refractivity contribution >= 4 is 33.8 Å². The minimum Gasteiger partial charge on any atom is -0.497 e. The Balaban J connectivity index is 1.50. The van der Waals surface area contributed by atoms with Crippen LogP contribution >= 0.6 is 11.3 Å². The van der Waals surface area contributed by atoms with Gasteiger partial charge in [0, 0.05) is 29.4 Å². The number of thiazole rings is 1. The van der Waals surface area contributed by atoms with Gasteiger partial charge in [-0.1, -0.05) is 6.07 Å². The molecule has 7 nitrogen and oxygen atoms in total. The molecule has 0 aliphatic carbocycles. The fourth-order valence-electron chi connectivity index (χ4n) is 2.71. The summed E-state index contributed by atoms with van der Waals surface area (Å²) < 4.78 is 10.3. The molecular weight excluding hydrogens is 388 g/mol. The van der Waals surface area contributed by atoms with E-state index in [4.69, 9.17) is 9.47 Å². The van der Waals surface area contributed by atoms with Gasteiger partial charge in [0.1, 0.15) is 11.5 Å². The molecule has 2 aromatic carbocycles. The molecule has 3 aromatic rings. The summed E-state index contributed by atoms with van der Waals surface area (Å²) in [7, 11) is 5.13. The summed E-state index contributed by atoms with van der Waals surface area (Å²) in [6, 6.07) is 15.0. The first-order chi connectivity index (χ1) is 14.1. The molecule has 1 heterocycles. The molecule has 0 atom stereocenters. The third kappa shape index (κ3) is 6.20. The normalized spacial score (nSPS) is 10.6. The Morgan fingerprint density at radius 1 is 1.07 bits per heavy atom. The van der Waals surface area contributed by atoms with E-state index in [2.05, 4.69) is 15.6 Å². The highest BCUT2D eigenvalue weighted by Crippen LogP contribution is 2.23.